The zero-order valence-electron chi connectivity index (χ0n) is 26.4. The Morgan fingerprint density at radius 3 is 1.98 bits per heavy atom. The molecule has 2 aromatic rings. The molecule has 0 radical (unpaired) electrons. The van der Waals surface area contributed by atoms with Crippen molar-refractivity contribution in [3.05, 3.63) is 47.0 Å². The molecule has 0 aromatic heterocycles. The molecule has 16 heteroatoms. The number of aliphatic hydroxyl groups excluding tert-OH is 9. The maximum absolute atomic E-state index is 11.0. The number of fused-ring (bicyclic) bond motifs is 1. The number of methoxy groups -OCH3 is 2. The smallest absolute Gasteiger partial charge is 0.229 e. The SMILES string of the molecule is COc1cc([C@@H]2Oc3c(OC)cc(CCCO)cc3[C@H]2CO)ccc1O[C@@H]1O[C@H](CO)[C@@H](O)[C@H](O)[C@H]1O[C@@H]1O[C@H](CO)[C@@H](O)[C@H](O)[C@H]1O. The highest BCUT2D eigenvalue weighted by molar-refractivity contribution is 5.56. The Morgan fingerprint density at radius 1 is 0.688 bits per heavy atom. The molecule has 5 rings (SSSR count). The van der Waals surface area contributed by atoms with Gasteiger partial charge in [-0.25, -0.2) is 0 Å². The van der Waals surface area contributed by atoms with Crippen molar-refractivity contribution in [2.75, 3.05) is 40.6 Å². The fourth-order valence-corrected chi connectivity index (χ4v) is 6.24. The molecular weight excluding hydrogens is 640 g/mol. The van der Waals surface area contributed by atoms with E-state index in [4.69, 9.17) is 33.2 Å². The van der Waals surface area contributed by atoms with Crippen molar-refractivity contribution in [3.8, 4) is 23.0 Å². The molecule has 3 aliphatic rings. The van der Waals surface area contributed by atoms with Gasteiger partial charge in [0, 0.05) is 12.2 Å². The summed E-state index contributed by atoms with van der Waals surface area (Å²) in [6, 6.07) is 8.58. The van der Waals surface area contributed by atoms with Gasteiger partial charge in [-0.05, 0) is 42.2 Å². The summed E-state index contributed by atoms with van der Waals surface area (Å²) in [6.07, 6.45) is -15.6. The van der Waals surface area contributed by atoms with E-state index >= 15 is 0 Å². The molecule has 9 N–H and O–H groups in total. The van der Waals surface area contributed by atoms with Crippen molar-refractivity contribution < 1.29 is 79.1 Å². The second-order valence-corrected chi connectivity index (χ2v) is 11.9. The van der Waals surface area contributed by atoms with Gasteiger partial charge in [0.2, 0.25) is 6.29 Å². The van der Waals surface area contributed by atoms with Crippen molar-refractivity contribution >= 4 is 0 Å². The van der Waals surface area contributed by atoms with Gasteiger partial charge in [0.1, 0.15) is 48.8 Å². The summed E-state index contributed by atoms with van der Waals surface area (Å²) in [4.78, 5) is 0. The number of aryl methyl sites for hydroxylation is 1. The van der Waals surface area contributed by atoms with E-state index in [9.17, 15) is 46.0 Å². The van der Waals surface area contributed by atoms with Gasteiger partial charge in [-0.2, -0.15) is 0 Å². The van der Waals surface area contributed by atoms with Crippen molar-refractivity contribution in [1.82, 2.24) is 0 Å². The fraction of sp³-hybridized carbons (Fsp3) is 0.625. The first-order valence-corrected chi connectivity index (χ1v) is 15.6. The molecule has 0 spiro atoms. The second kappa shape index (κ2) is 15.8. The van der Waals surface area contributed by atoms with Crippen LogP contribution in [0.2, 0.25) is 0 Å². The van der Waals surface area contributed by atoms with Crippen LogP contribution in [0.15, 0.2) is 30.3 Å². The molecular formula is C32H44O16. The van der Waals surface area contributed by atoms with E-state index in [-0.39, 0.29) is 24.7 Å². The van der Waals surface area contributed by atoms with Crippen LogP contribution in [0.3, 0.4) is 0 Å². The number of ether oxygens (including phenoxy) is 7. The van der Waals surface area contributed by atoms with Gasteiger partial charge in [0.25, 0.3) is 0 Å². The van der Waals surface area contributed by atoms with Gasteiger partial charge in [0.05, 0.1) is 40.0 Å². The number of rotatable bonds is 13. The van der Waals surface area contributed by atoms with Gasteiger partial charge in [-0.3, -0.25) is 0 Å². The lowest BCUT2D eigenvalue weighted by Gasteiger charge is -2.45. The van der Waals surface area contributed by atoms with E-state index in [2.05, 4.69) is 0 Å². The molecule has 0 bridgehead atoms. The van der Waals surface area contributed by atoms with Crippen LogP contribution in [-0.2, 0) is 20.6 Å². The maximum Gasteiger partial charge on any atom is 0.229 e. The number of hydrogen-bond acceptors (Lipinski definition) is 16. The average molecular weight is 685 g/mol. The predicted molar refractivity (Wildman–Crippen MR) is 162 cm³/mol. The van der Waals surface area contributed by atoms with Gasteiger partial charge >= 0.3 is 0 Å². The third kappa shape index (κ3) is 7.07. The molecule has 12 atom stereocenters. The van der Waals surface area contributed by atoms with Crippen LogP contribution < -0.4 is 18.9 Å². The summed E-state index contributed by atoms with van der Waals surface area (Å²) in [6.45, 7) is -1.64. The largest absolute Gasteiger partial charge is 0.493 e. The molecule has 3 aliphatic heterocycles. The quantitative estimate of drug-likeness (QED) is 0.109. The predicted octanol–water partition coefficient (Wildman–Crippen LogP) is -2.16. The van der Waals surface area contributed by atoms with E-state index in [1.54, 1.807) is 12.1 Å². The van der Waals surface area contributed by atoms with Crippen LogP contribution in [0.1, 0.15) is 35.1 Å². The summed E-state index contributed by atoms with van der Waals surface area (Å²) in [5.41, 5.74) is 2.28. The molecule has 2 aromatic carbocycles. The Bertz CT molecular complexity index is 1360. The van der Waals surface area contributed by atoms with E-state index in [1.807, 2.05) is 12.1 Å². The lowest BCUT2D eigenvalue weighted by Crippen LogP contribution is -2.65. The minimum absolute atomic E-state index is 0.0306. The monoisotopic (exact) mass is 684 g/mol. The Morgan fingerprint density at radius 2 is 1.35 bits per heavy atom. The minimum Gasteiger partial charge on any atom is -0.493 e. The lowest BCUT2D eigenvalue weighted by molar-refractivity contribution is -0.357. The summed E-state index contributed by atoms with van der Waals surface area (Å²) >= 11 is 0. The molecule has 48 heavy (non-hydrogen) atoms. The molecule has 16 nitrogen and oxygen atoms in total. The zero-order chi connectivity index (χ0) is 34.7. The molecule has 0 unspecified atom stereocenters. The van der Waals surface area contributed by atoms with Gasteiger partial charge < -0.3 is 79.1 Å². The Kier molecular flexibility index (Phi) is 12.0. The molecule has 268 valence electrons. The molecule has 0 saturated carbocycles. The highest BCUT2D eigenvalue weighted by Crippen LogP contribution is 2.51. The van der Waals surface area contributed by atoms with E-state index < -0.39 is 86.6 Å². The standard InChI is InChI=1S/C32H44O16/c1-42-19-10-15(28-17(11-34)16-8-14(4-3-7-33)9-20(43-2)29(16)47-28)5-6-18(19)44-32-30(26(40)24(38)22(13-36)46-32)48-31-27(41)25(39)23(37)21(12-35)45-31/h5-6,8-10,17,21-28,30-41H,3-4,7,11-13H2,1-2H3/t17-,21-,22-,23-,24-,25+,26+,27-,28+,30-,31+,32-/m1/s1. The topological polar surface area (TPSA) is 247 Å². The van der Waals surface area contributed by atoms with Crippen LogP contribution in [0.4, 0.5) is 0 Å². The van der Waals surface area contributed by atoms with Gasteiger partial charge in [-0.15, -0.1) is 0 Å². The Balaban J connectivity index is 1.41. The zero-order valence-corrected chi connectivity index (χ0v) is 26.4. The lowest BCUT2D eigenvalue weighted by atomic mass is 9.90. The molecule has 0 amide bonds. The fourth-order valence-electron chi connectivity index (χ4n) is 6.24. The first kappa shape index (κ1) is 36.4. The summed E-state index contributed by atoms with van der Waals surface area (Å²) in [5, 5.41) is 91.5. The van der Waals surface area contributed by atoms with E-state index in [0.29, 0.717) is 29.9 Å². The van der Waals surface area contributed by atoms with Crippen molar-refractivity contribution in [2.24, 2.45) is 0 Å². The summed E-state index contributed by atoms with van der Waals surface area (Å²) in [5.74, 6) is 0.760. The number of benzene rings is 2. The minimum atomic E-state index is -1.82. The molecule has 2 fully saturated rings. The summed E-state index contributed by atoms with van der Waals surface area (Å²) < 4.78 is 40.4. The highest BCUT2D eigenvalue weighted by Gasteiger charge is 2.51. The van der Waals surface area contributed by atoms with Crippen molar-refractivity contribution in [1.29, 1.82) is 0 Å². The summed E-state index contributed by atoms with van der Waals surface area (Å²) in [7, 11) is 2.90. The van der Waals surface area contributed by atoms with Crippen LogP contribution in [-0.4, -0.2) is 148 Å². The first-order valence-electron chi connectivity index (χ1n) is 15.6. The Labute approximate surface area is 276 Å². The van der Waals surface area contributed by atoms with Crippen LogP contribution >= 0.6 is 0 Å². The molecule has 3 heterocycles. The average Bonchev–Trinajstić information content (AvgIpc) is 3.48. The van der Waals surface area contributed by atoms with Crippen molar-refractivity contribution in [3.63, 3.8) is 0 Å². The van der Waals surface area contributed by atoms with Gasteiger partial charge in [-0.1, -0.05) is 12.1 Å². The van der Waals surface area contributed by atoms with Crippen molar-refractivity contribution in [2.45, 2.75) is 86.3 Å². The first-order chi connectivity index (χ1) is 23.1. The van der Waals surface area contributed by atoms with E-state index in [1.165, 1.54) is 20.3 Å². The van der Waals surface area contributed by atoms with Crippen LogP contribution in [0.25, 0.3) is 0 Å². The highest BCUT2D eigenvalue weighted by atomic mass is 16.8. The molecule has 2 saturated heterocycles. The Hall–Kier alpha value is -2.84. The van der Waals surface area contributed by atoms with E-state index in [0.717, 1.165) is 11.1 Å². The molecule has 0 aliphatic carbocycles. The number of aliphatic hydroxyl groups is 9. The normalized spacial score (nSPS) is 34.7. The number of hydrogen-bond donors (Lipinski definition) is 9. The van der Waals surface area contributed by atoms with Crippen LogP contribution in [0.5, 0.6) is 23.0 Å². The third-order valence-electron chi connectivity index (χ3n) is 8.92. The van der Waals surface area contributed by atoms with Gasteiger partial charge in [0.15, 0.2) is 35.4 Å². The third-order valence-corrected chi connectivity index (χ3v) is 8.92. The second-order valence-electron chi connectivity index (χ2n) is 11.9. The maximum atomic E-state index is 11.0. The van der Waals surface area contributed by atoms with Crippen LogP contribution in [0, 0.1) is 0 Å².